The number of aliphatic carboxylic acids is 1. The third kappa shape index (κ3) is 11.3. The Morgan fingerprint density at radius 3 is 2.20 bits per heavy atom. The van der Waals surface area contributed by atoms with E-state index in [2.05, 4.69) is 5.32 Å². The van der Waals surface area contributed by atoms with Gasteiger partial charge < -0.3 is 31.1 Å². The maximum Gasteiger partial charge on any atom is 0.326 e. The number of nitrogens with zero attached hydrogens (tertiary/aromatic N) is 2. The van der Waals surface area contributed by atoms with E-state index < -0.39 is 54.0 Å². The van der Waals surface area contributed by atoms with Crippen LogP contribution >= 0.6 is 23.2 Å². The molecule has 0 radical (unpaired) electrons. The smallest absolute Gasteiger partial charge is 0.326 e. The maximum absolute atomic E-state index is 13.7. The molecule has 1 heterocycles. The second-order valence-electron chi connectivity index (χ2n) is 11.5. The Bertz CT molecular complexity index is 831. The number of likely N-dealkylation sites (N-methyl/N-ethyl adjacent to an activating group) is 1. The highest BCUT2D eigenvalue weighted by Gasteiger charge is 2.41. The molecular formula is C28H50Cl2N4O6. The van der Waals surface area contributed by atoms with Gasteiger partial charge in [-0.3, -0.25) is 14.4 Å². The van der Waals surface area contributed by atoms with Crippen LogP contribution in [0.5, 0.6) is 0 Å². The van der Waals surface area contributed by atoms with Crippen LogP contribution in [-0.2, 0) is 19.2 Å². The number of halogens is 2. The largest absolute Gasteiger partial charge is 0.480 e. The van der Waals surface area contributed by atoms with Gasteiger partial charge in [0, 0.05) is 19.6 Å². The van der Waals surface area contributed by atoms with Gasteiger partial charge in [0.05, 0.1) is 0 Å². The Balaban J connectivity index is 2.94. The summed E-state index contributed by atoms with van der Waals surface area (Å²) in [6.45, 7) is 7.87. The summed E-state index contributed by atoms with van der Waals surface area (Å²) in [4.78, 5) is 54.3. The zero-order chi connectivity index (χ0) is 30.6. The van der Waals surface area contributed by atoms with Gasteiger partial charge in [0.2, 0.25) is 11.8 Å². The molecule has 0 bridgehead atoms. The van der Waals surface area contributed by atoms with Gasteiger partial charge in [-0.25, -0.2) is 4.79 Å². The molecule has 12 heteroatoms. The second kappa shape index (κ2) is 18.0. The predicted molar refractivity (Wildman–Crippen MR) is 157 cm³/mol. The molecule has 3 amide bonds. The minimum absolute atomic E-state index is 0.0536. The van der Waals surface area contributed by atoms with Gasteiger partial charge in [0.1, 0.15) is 29.1 Å². The number of unbranched alkanes of at least 4 members (excludes halogenated alkanes) is 3. The summed E-state index contributed by atoms with van der Waals surface area (Å²) in [6, 6.07) is -3.57. The van der Waals surface area contributed by atoms with Crippen LogP contribution in [-0.4, -0.2) is 92.4 Å². The van der Waals surface area contributed by atoms with Gasteiger partial charge in [-0.2, -0.15) is 0 Å². The molecule has 0 aromatic rings. The molecule has 1 fully saturated rings. The number of nitrogens with two attached hydrogens (primary N) is 1. The second-order valence-corrected chi connectivity index (χ2v) is 12.8. The molecule has 1 rings (SSSR count). The summed E-state index contributed by atoms with van der Waals surface area (Å²) in [7, 11) is 1.51. The lowest BCUT2D eigenvalue weighted by molar-refractivity contribution is -0.153. The van der Waals surface area contributed by atoms with Crippen LogP contribution < -0.4 is 11.1 Å². The van der Waals surface area contributed by atoms with E-state index in [4.69, 9.17) is 28.9 Å². The number of aliphatic hydroxyl groups excluding tert-OH is 1. The molecule has 0 saturated carbocycles. The highest BCUT2D eigenvalue weighted by molar-refractivity contribution is 6.44. The minimum atomic E-state index is -1.49. The summed E-state index contributed by atoms with van der Waals surface area (Å²) >= 11 is 11.5. The van der Waals surface area contributed by atoms with Crippen LogP contribution in [0.3, 0.4) is 0 Å². The highest BCUT2D eigenvalue weighted by atomic mass is 35.5. The first kappa shape index (κ1) is 36.4. The summed E-state index contributed by atoms with van der Waals surface area (Å²) in [6.07, 6.45) is 4.92. The zero-order valence-corrected chi connectivity index (χ0v) is 26.2. The SMILES string of the molecule is CC[C@H](C)[C@H](NC(=O)[C@@H](O)[C@@H](N)CCCCCCC(Cl)Cl)C(=O)N(C)[C@H](CC(C)C)C(=O)N1CCC[C@@H]1C(=O)O. The minimum Gasteiger partial charge on any atom is -0.480 e. The Morgan fingerprint density at radius 1 is 1.07 bits per heavy atom. The molecule has 1 saturated heterocycles. The van der Waals surface area contributed by atoms with E-state index in [1.54, 1.807) is 0 Å². The summed E-state index contributed by atoms with van der Waals surface area (Å²) in [5, 5.41) is 22.9. The molecule has 1 aliphatic rings. The topological polar surface area (TPSA) is 153 Å². The number of likely N-dealkylation sites (tertiary alicyclic amines) is 1. The van der Waals surface area contributed by atoms with E-state index in [1.807, 2.05) is 27.7 Å². The number of carbonyl (C=O) groups is 4. The van der Waals surface area contributed by atoms with Crippen molar-refractivity contribution in [3.63, 3.8) is 0 Å². The molecular weight excluding hydrogens is 559 g/mol. The van der Waals surface area contributed by atoms with E-state index in [9.17, 15) is 29.4 Å². The number of amides is 3. The van der Waals surface area contributed by atoms with Crippen LogP contribution in [0.15, 0.2) is 0 Å². The number of alkyl halides is 2. The molecule has 10 nitrogen and oxygen atoms in total. The number of carbonyl (C=O) groups excluding carboxylic acids is 3. The number of carboxylic acids is 1. The number of aliphatic hydroxyl groups is 1. The molecule has 232 valence electrons. The van der Waals surface area contributed by atoms with Gasteiger partial charge in [-0.05, 0) is 43.9 Å². The van der Waals surface area contributed by atoms with Crippen molar-refractivity contribution in [2.75, 3.05) is 13.6 Å². The van der Waals surface area contributed by atoms with Crippen molar-refractivity contribution in [1.29, 1.82) is 0 Å². The fourth-order valence-corrected chi connectivity index (χ4v) is 5.34. The van der Waals surface area contributed by atoms with E-state index >= 15 is 0 Å². The lowest BCUT2D eigenvalue weighted by atomic mass is 9.94. The van der Waals surface area contributed by atoms with Gasteiger partial charge >= 0.3 is 5.97 Å². The molecule has 0 aromatic heterocycles. The van der Waals surface area contributed by atoms with Crippen molar-refractivity contribution in [3.05, 3.63) is 0 Å². The van der Waals surface area contributed by atoms with Gasteiger partial charge in [0.25, 0.3) is 5.91 Å². The number of nitrogens with one attached hydrogen (secondary N) is 1. The first-order valence-corrected chi connectivity index (χ1v) is 15.4. The van der Waals surface area contributed by atoms with Gasteiger partial charge in [0.15, 0.2) is 0 Å². The third-order valence-electron chi connectivity index (χ3n) is 7.78. The fraction of sp³-hybridized carbons (Fsp3) is 0.857. The first-order valence-electron chi connectivity index (χ1n) is 14.5. The van der Waals surface area contributed by atoms with Crippen molar-refractivity contribution >= 4 is 46.9 Å². The summed E-state index contributed by atoms with van der Waals surface area (Å²) < 4.78 is 0. The van der Waals surface area contributed by atoms with Crippen molar-refractivity contribution in [2.45, 2.75) is 127 Å². The predicted octanol–water partition coefficient (Wildman–Crippen LogP) is 3.30. The quantitative estimate of drug-likeness (QED) is 0.137. The molecule has 40 heavy (non-hydrogen) atoms. The number of hydrogen-bond acceptors (Lipinski definition) is 6. The van der Waals surface area contributed by atoms with Crippen molar-refractivity contribution in [1.82, 2.24) is 15.1 Å². The average Bonchev–Trinajstić information content (AvgIpc) is 3.40. The van der Waals surface area contributed by atoms with Crippen LogP contribution in [0.25, 0.3) is 0 Å². The van der Waals surface area contributed by atoms with Crippen LogP contribution in [0, 0.1) is 11.8 Å². The molecule has 5 N–H and O–H groups in total. The Hall–Kier alpha value is -1.62. The van der Waals surface area contributed by atoms with Crippen molar-refractivity contribution < 1.29 is 29.4 Å². The third-order valence-corrected chi connectivity index (χ3v) is 8.21. The Morgan fingerprint density at radius 2 is 1.68 bits per heavy atom. The van der Waals surface area contributed by atoms with Crippen LogP contribution in [0.2, 0.25) is 0 Å². The monoisotopic (exact) mass is 608 g/mol. The lowest BCUT2D eigenvalue weighted by Crippen LogP contribution is -2.59. The van der Waals surface area contributed by atoms with Crippen LogP contribution in [0.1, 0.15) is 91.9 Å². The van der Waals surface area contributed by atoms with E-state index in [0.29, 0.717) is 45.1 Å². The molecule has 0 aromatic carbocycles. The van der Waals surface area contributed by atoms with Crippen LogP contribution in [0.4, 0.5) is 0 Å². The van der Waals surface area contributed by atoms with E-state index in [0.717, 1.165) is 25.7 Å². The molecule has 6 atom stereocenters. The normalized spacial score (nSPS) is 19.3. The van der Waals surface area contributed by atoms with E-state index in [-0.39, 0.29) is 16.7 Å². The molecule has 1 aliphatic heterocycles. The summed E-state index contributed by atoms with van der Waals surface area (Å²) in [5.41, 5.74) is 6.10. The number of hydrogen-bond donors (Lipinski definition) is 4. The van der Waals surface area contributed by atoms with E-state index in [1.165, 1.54) is 16.8 Å². The first-order chi connectivity index (χ1) is 18.7. The van der Waals surface area contributed by atoms with Gasteiger partial charge in [-0.15, -0.1) is 23.2 Å². The summed E-state index contributed by atoms with van der Waals surface area (Å²) in [5.74, 6) is -2.90. The average molecular weight is 610 g/mol. The Labute approximate surface area is 249 Å². The number of carboxylic acid groups (broad SMARTS) is 1. The molecule has 0 unspecified atom stereocenters. The highest BCUT2D eigenvalue weighted by Crippen LogP contribution is 2.24. The zero-order valence-electron chi connectivity index (χ0n) is 24.7. The molecule has 0 aliphatic carbocycles. The molecule has 0 spiro atoms. The van der Waals surface area contributed by atoms with Crippen molar-refractivity contribution in [3.8, 4) is 0 Å². The fourth-order valence-electron chi connectivity index (χ4n) is 5.03. The standard InChI is InChI=1S/C28H50Cl2N4O6/c1-6-18(4)23(32-25(36)24(35)19(31)12-9-7-8-10-14-22(29)30)27(38)33(5)21(16-17(2)3)26(37)34-15-11-13-20(34)28(39)40/h17-24,35H,6-16,31H2,1-5H3,(H,32,36)(H,39,40)/t18-,19-,20+,21+,23-,24-/m0/s1. The number of rotatable bonds is 18. The lowest BCUT2D eigenvalue weighted by Gasteiger charge is -2.36. The van der Waals surface area contributed by atoms with Gasteiger partial charge in [-0.1, -0.05) is 59.8 Å². The Kier molecular flexibility index (Phi) is 16.4. The van der Waals surface area contributed by atoms with Crippen molar-refractivity contribution in [2.24, 2.45) is 17.6 Å². The maximum atomic E-state index is 13.7.